The van der Waals surface area contributed by atoms with Crippen LogP contribution in [0.4, 0.5) is 0 Å². The van der Waals surface area contributed by atoms with E-state index in [2.05, 4.69) is 20.8 Å². The average molecular weight is 220 g/mol. The highest BCUT2D eigenvalue weighted by atomic mass is 16.5. The summed E-state index contributed by atoms with van der Waals surface area (Å²) in [6, 6.07) is 7.74. The second-order valence-electron chi connectivity index (χ2n) is 5.38. The molecule has 1 rings (SSSR count). The molecular weight excluding hydrogens is 200 g/mol. The van der Waals surface area contributed by atoms with Crippen LogP contribution >= 0.6 is 0 Å². The maximum Gasteiger partial charge on any atom is 0.134 e. The molecule has 2 nitrogen and oxygen atoms in total. The molecule has 0 saturated heterocycles. The van der Waals surface area contributed by atoms with Crippen molar-refractivity contribution in [2.75, 3.05) is 6.61 Å². The van der Waals surface area contributed by atoms with E-state index in [1.165, 1.54) is 0 Å². The zero-order valence-electron chi connectivity index (χ0n) is 10.5. The van der Waals surface area contributed by atoms with Crippen molar-refractivity contribution in [3.63, 3.8) is 0 Å². The van der Waals surface area contributed by atoms with Crippen LogP contribution in [0, 0.1) is 5.41 Å². The highest BCUT2D eigenvalue weighted by Gasteiger charge is 2.11. The summed E-state index contributed by atoms with van der Waals surface area (Å²) >= 11 is 0. The van der Waals surface area contributed by atoms with Crippen molar-refractivity contribution in [2.45, 2.75) is 34.1 Å². The highest BCUT2D eigenvalue weighted by Crippen LogP contribution is 2.19. The molecule has 1 aromatic rings. The number of ether oxygens (including phenoxy) is 1. The first kappa shape index (κ1) is 12.8. The largest absolute Gasteiger partial charge is 0.493 e. The monoisotopic (exact) mass is 220 g/mol. The molecule has 0 aromatic heterocycles. The molecule has 0 aliphatic heterocycles. The summed E-state index contributed by atoms with van der Waals surface area (Å²) in [6.07, 6.45) is 0.479. The molecule has 2 heteroatoms. The van der Waals surface area contributed by atoms with Gasteiger partial charge < -0.3 is 4.74 Å². The normalized spacial score (nSPS) is 11.2. The van der Waals surface area contributed by atoms with Crippen molar-refractivity contribution in [3.05, 3.63) is 29.8 Å². The zero-order valence-corrected chi connectivity index (χ0v) is 10.5. The van der Waals surface area contributed by atoms with E-state index >= 15 is 0 Å². The first-order chi connectivity index (χ1) is 7.37. The van der Waals surface area contributed by atoms with Gasteiger partial charge in [-0.3, -0.25) is 4.79 Å². The van der Waals surface area contributed by atoms with Gasteiger partial charge in [0.05, 0.1) is 6.61 Å². The van der Waals surface area contributed by atoms with Gasteiger partial charge in [-0.1, -0.05) is 32.9 Å². The van der Waals surface area contributed by atoms with Crippen LogP contribution in [0.3, 0.4) is 0 Å². The summed E-state index contributed by atoms with van der Waals surface area (Å²) in [6.45, 7) is 8.67. The van der Waals surface area contributed by atoms with Crippen molar-refractivity contribution in [1.82, 2.24) is 0 Å². The van der Waals surface area contributed by atoms with Crippen LogP contribution in [-0.4, -0.2) is 12.4 Å². The quantitative estimate of drug-likeness (QED) is 0.778. The Balaban J connectivity index is 2.64. The minimum atomic E-state index is 0.149. The van der Waals surface area contributed by atoms with Gasteiger partial charge in [-0.2, -0.15) is 0 Å². The fraction of sp³-hybridized carbons (Fsp3) is 0.500. The number of Topliss-reactive ketones (excluding diaryl/α,β-unsaturated/α-hetero) is 1. The van der Waals surface area contributed by atoms with Gasteiger partial charge in [-0.25, -0.2) is 0 Å². The molecule has 0 fully saturated rings. The SMILES string of the molecule is CC(=O)Cc1cccc(OCC(C)(C)C)c1. The van der Waals surface area contributed by atoms with Crippen molar-refractivity contribution in [2.24, 2.45) is 5.41 Å². The topological polar surface area (TPSA) is 26.3 Å². The van der Waals surface area contributed by atoms with E-state index in [-0.39, 0.29) is 11.2 Å². The summed E-state index contributed by atoms with van der Waals surface area (Å²) in [4.78, 5) is 11.0. The van der Waals surface area contributed by atoms with E-state index in [0.29, 0.717) is 13.0 Å². The lowest BCUT2D eigenvalue weighted by Gasteiger charge is -2.19. The van der Waals surface area contributed by atoms with Gasteiger partial charge in [-0.05, 0) is 30.0 Å². The van der Waals surface area contributed by atoms with Gasteiger partial charge in [0.15, 0.2) is 0 Å². The van der Waals surface area contributed by atoms with Gasteiger partial charge in [0.25, 0.3) is 0 Å². The van der Waals surface area contributed by atoms with Crippen LogP contribution in [0.25, 0.3) is 0 Å². The van der Waals surface area contributed by atoms with Gasteiger partial charge in [-0.15, -0.1) is 0 Å². The first-order valence-corrected chi connectivity index (χ1v) is 5.58. The van der Waals surface area contributed by atoms with Crippen LogP contribution in [0.5, 0.6) is 5.75 Å². The van der Waals surface area contributed by atoms with Crippen LogP contribution in [-0.2, 0) is 11.2 Å². The number of carbonyl (C=O) groups is 1. The van der Waals surface area contributed by atoms with Crippen molar-refractivity contribution < 1.29 is 9.53 Å². The van der Waals surface area contributed by atoms with Crippen LogP contribution in [0.15, 0.2) is 24.3 Å². The molecule has 0 bridgehead atoms. The Bertz CT molecular complexity index is 361. The molecule has 0 heterocycles. The van der Waals surface area contributed by atoms with Crippen LogP contribution < -0.4 is 4.74 Å². The minimum absolute atomic E-state index is 0.149. The summed E-state index contributed by atoms with van der Waals surface area (Å²) in [7, 11) is 0. The number of ketones is 1. The number of hydrogen-bond donors (Lipinski definition) is 0. The number of rotatable bonds is 4. The molecule has 0 amide bonds. The lowest BCUT2D eigenvalue weighted by molar-refractivity contribution is -0.116. The predicted octanol–water partition coefficient (Wildman–Crippen LogP) is 3.24. The second-order valence-corrected chi connectivity index (χ2v) is 5.38. The average Bonchev–Trinajstić information content (AvgIpc) is 2.13. The third kappa shape index (κ3) is 4.96. The Kier molecular flexibility index (Phi) is 4.11. The number of benzene rings is 1. The Labute approximate surface area is 97.6 Å². The summed E-state index contributed by atoms with van der Waals surface area (Å²) in [5.74, 6) is 1.02. The molecule has 0 spiro atoms. The molecule has 1 aromatic carbocycles. The fourth-order valence-electron chi connectivity index (χ4n) is 1.33. The molecule has 16 heavy (non-hydrogen) atoms. The maximum absolute atomic E-state index is 11.0. The summed E-state index contributed by atoms with van der Waals surface area (Å²) < 4.78 is 5.68. The van der Waals surface area contributed by atoms with Gasteiger partial charge >= 0.3 is 0 Å². The Morgan fingerprint density at radius 1 is 1.31 bits per heavy atom. The van der Waals surface area contributed by atoms with E-state index < -0.39 is 0 Å². The molecule has 0 aliphatic rings. The van der Waals surface area contributed by atoms with E-state index in [0.717, 1.165) is 11.3 Å². The Morgan fingerprint density at radius 2 is 2.00 bits per heavy atom. The molecule has 0 unspecified atom stereocenters. The van der Waals surface area contributed by atoms with Crippen molar-refractivity contribution in [1.29, 1.82) is 0 Å². The Morgan fingerprint density at radius 3 is 2.56 bits per heavy atom. The third-order valence-electron chi connectivity index (χ3n) is 2.02. The third-order valence-corrected chi connectivity index (χ3v) is 2.02. The zero-order chi connectivity index (χ0) is 12.2. The molecule has 0 atom stereocenters. The van der Waals surface area contributed by atoms with E-state index in [9.17, 15) is 4.79 Å². The predicted molar refractivity (Wildman–Crippen MR) is 65.8 cm³/mol. The maximum atomic E-state index is 11.0. The lowest BCUT2D eigenvalue weighted by Crippen LogP contribution is -2.16. The Hall–Kier alpha value is -1.31. The molecule has 88 valence electrons. The molecule has 0 radical (unpaired) electrons. The van der Waals surface area contributed by atoms with E-state index in [4.69, 9.17) is 4.74 Å². The van der Waals surface area contributed by atoms with Crippen molar-refractivity contribution >= 4 is 5.78 Å². The number of hydrogen-bond acceptors (Lipinski definition) is 2. The first-order valence-electron chi connectivity index (χ1n) is 5.58. The van der Waals surface area contributed by atoms with Crippen LogP contribution in [0.1, 0.15) is 33.3 Å². The van der Waals surface area contributed by atoms with E-state index in [1.807, 2.05) is 24.3 Å². The summed E-state index contributed by atoms with van der Waals surface area (Å²) in [5, 5.41) is 0. The molecule has 0 saturated carbocycles. The molecule has 0 aliphatic carbocycles. The number of carbonyl (C=O) groups excluding carboxylic acids is 1. The fourth-order valence-corrected chi connectivity index (χ4v) is 1.33. The standard InChI is InChI=1S/C14H20O2/c1-11(15)8-12-6-5-7-13(9-12)16-10-14(2,3)4/h5-7,9H,8,10H2,1-4H3. The molecule has 0 N–H and O–H groups in total. The van der Waals surface area contributed by atoms with Gasteiger partial charge in [0.2, 0.25) is 0 Å². The summed E-state index contributed by atoms with van der Waals surface area (Å²) in [5.41, 5.74) is 1.16. The molecular formula is C14H20O2. The smallest absolute Gasteiger partial charge is 0.134 e. The highest BCUT2D eigenvalue weighted by molar-refractivity contribution is 5.78. The van der Waals surface area contributed by atoms with Crippen LogP contribution in [0.2, 0.25) is 0 Å². The van der Waals surface area contributed by atoms with Gasteiger partial charge in [0.1, 0.15) is 11.5 Å². The lowest BCUT2D eigenvalue weighted by atomic mass is 9.99. The van der Waals surface area contributed by atoms with Gasteiger partial charge in [0, 0.05) is 6.42 Å². The van der Waals surface area contributed by atoms with Crippen molar-refractivity contribution in [3.8, 4) is 5.75 Å². The van der Waals surface area contributed by atoms with E-state index in [1.54, 1.807) is 6.92 Å². The minimum Gasteiger partial charge on any atom is -0.493 e. The second kappa shape index (κ2) is 5.15.